The van der Waals surface area contributed by atoms with Crippen molar-refractivity contribution in [2.75, 3.05) is 6.61 Å². The number of carboxylic acid groups (broad SMARTS) is 2. The molecule has 0 aromatic heterocycles. The van der Waals surface area contributed by atoms with Crippen molar-refractivity contribution in [1.29, 1.82) is 5.26 Å². The van der Waals surface area contributed by atoms with Crippen LogP contribution in [-0.2, 0) is 6.42 Å². The predicted molar refractivity (Wildman–Crippen MR) is 81.1 cm³/mol. The summed E-state index contributed by atoms with van der Waals surface area (Å²) < 4.78 is 11.4. The number of benzene rings is 2. The summed E-state index contributed by atoms with van der Waals surface area (Å²) >= 11 is 0. The standard InChI is InChI=1S/C17H15NO2.CH2O3.2Cs/c18-10-11-19-15-7-9-17-14(12-15)6-8-16(20-17)13-4-2-1-3-5-13;2-1(3)4;;/h1-5,7,9,12,16H,6,8,11H2;(H2,2,3,4);;/q;;2*+1/p-2. The van der Waals surface area contributed by atoms with E-state index in [1.165, 1.54) is 5.56 Å². The largest absolute Gasteiger partial charge is 1.00 e. The molecule has 2 aromatic carbocycles. The van der Waals surface area contributed by atoms with Crippen molar-refractivity contribution >= 4 is 6.16 Å². The van der Waals surface area contributed by atoms with Gasteiger partial charge in [-0.1, -0.05) is 30.3 Å². The van der Waals surface area contributed by atoms with Crippen molar-refractivity contribution in [3.05, 3.63) is 59.7 Å². The molecule has 1 atom stereocenters. The number of aryl methyl sites for hydroxylation is 1. The molecule has 1 aliphatic rings. The van der Waals surface area contributed by atoms with Gasteiger partial charge in [-0.2, -0.15) is 5.26 Å². The minimum Gasteiger partial charge on any atom is -0.652 e. The van der Waals surface area contributed by atoms with Crippen LogP contribution in [0.15, 0.2) is 48.5 Å². The smallest absolute Gasteiger partial charge is 0.652 e. The molecule has 26 heavy (non-hydrogen) atoms. The van der Waals surface area contributed by atoms with E-state index in [9.17, 15) is 0 Å². The van der Waals surface area contributed by atoms with E-state index in [0.717, 1.165) is 29.9 Å². The fourth-order valence-corrected chi connectivity index (χ4v) is 2.47. The van der Waals surface area contributed by atoms with E-state index in [1.807, 2.05) is 42.5 Å². The number of nitriles is 1. The van der Waals surface area contributed by atoms with Gasteiger partial charge in [-0.25, -0.2) is 0 Å². The third-order valence-electron chi connectivity index (χ3n) is 3.45. The van der Waals surface area contributed by atoms with E-state index in [-0.39, 0.29) is 150 Å². The molecule has 0 N–H and O–H groups in total. The van der Waals surface area contributed by atoms with Crippen LogP contribution in [0.25, 0.3) is 0 Å². The summed E-state index contributed by atoms with van der Waals surface area (Å²) in [5.41, 5.74) is 2.36. The van der Waals surface area contributed by atoms with Gasteiger partial charge in [0.1, 0.15) is 23.7 Å². The first kappa shape index (κ1) is 26.9. The second-order valence-electron chi connectivity index (χ2n) is 5.02. The molecule has 0 amide bonds. The Bertz CT molecular complexity index is 730. The molecule has 6 nitrogen and oxygen atoms in total. The zero-order valence-electron chi connectivity index (χ0n) is 14.8. The van der Waals surface area contributed by atoms with Gasteiger partial charge in [0.25, 0.3) is 0 Å². The third-order valence-corrected chi connectivity index (χ3v) is 3.45. The summed E-state index contributed by atoms with van der Waals surface area (Å²) in [7, 11) is 0. The summed E-state index contributed by atoms with van der Waals surface area (Å²) in [5, 5.41) is 25.2. The van der Waals surface area contributed by atoms with Crippen LogP contribution in [0.4, 0.5) is 4.79 Å². The Morgan fingerprint density at radius 1 is 1.19 bits per heavy atom. The molecule has 0 bridgehead atoms. The predicted octanol–water partition coefficient (Wildman–Crippen LogP) is -4.78. The SMILES string of the molecule is N#CCOc1ccc2c(c1)CCC(c1ccccc1)O2.O=C([O-])[O-].[Cs+].[Cs+]. The molecule has 3 rings (SSSR count). The molecule has 1 aliphatic heterocycles. The molecule has 8 heteroatoms. The Morgan fingerprint density at radius 2 is 1.85 bits per heavy atom. The monoisotopic (exact) mass is 591 g/mol. The molecular weight excluding hydrogens is 576 g/mol. The van der Waals surface area contributed by atoms with Crippen molar-refractivity contribution in [2.45, 2.75) is 18.9 Å². The quantitative estimate of drug-likeness (QED) is 0.355. The van der Waals surface area contributed by atoms with Gasteiger partial charge in [0.15, 0.2) is 6.61 Å². The summed E-state index contributed by atoms with van der Waals surface area (Å²) in [4.78, 5) is 8.33. The van der Waals surface area contributed by atoms with Gasteiger partial charge >= 0.3 is 138 Å². The number of rotatable bonds is 3. The average Bonchev–Trinajstić information content (AvgIpc) is 2.59. The Balaban J connectivity index is 0.000000951. The van der Waals surface area contributed by atoms with Crippen molar-refractivity contribution in [2.24, 2.45) is 0 Å². The van der Waals surface area contributed by atoms with Crippen LogP contribution in [0.5, 0.6) is 11.5 Å². The summed E-state index contributed by atoms with van der Waals surface area (Å²) in [6.45, 7) is 0.0757. The van der Waals surface area contributed by atoms with E-state index in [0.29, 0.717) is 0 Å². The molecule has 0 saturated carbocycles. The van der Waals surface area contributed by atoms with E-state index in [2.05, 4.69) is 12.1 Å². The van der Waals surface area contributed by atoms with Gasteiger partial charge in [-0.3, -0.25) is 0 Å². The minimum atomic E-state index is -2.33. The molecule has 0 saturated heterocycles. The van der Waals surface area contributed by atoms with Gasteiger partial charge < -0.3 is 24.5 Å². The van der Waals surface area contributed by atoms with Crippen LogP contribution < -0.4 is 157 Å². The topological polar surface area (TPSA) is 105 Å². The number of hydrogen-bond acceptors (Lipinski definition) is 6. The average molecular weight is 591 g/mol. The van der Waals surface area contributed by atoms with Gasteiger partial charge in [0.05, 0.1) is 0 Å². The Hall–Kier alpha value is 0.904. The fourth-order valence-electron chi connectivity index (χ4n) is 2.47. The molecule has 0 spiro atoms. The maximum absolute atomic E-state index is 8.53. The first-order valence-electron chi connectivity index (χ1n) is 7.32. The number of carbonyl (C=O) groups is 1. The molecule has 0 radical (unpaired) electrons. The Morgan fingerprint density at radius 3 is 2.46 bits per heavy atom. The van der Waals surface area contributed by atoms with Crippen LogP contribution >= 0.6 is 0 Å². The van der Waals surface area contributed by atoms with Crippen LogP contribution in [0.1, 0.15) is 23.7 Å². The van der Waals surface area contributed by atoms with Crippen LogP contribution in [-0.4, -0.2) is 12.8 Å². The zero-order valence-corrected chi connectivity index (χ0v) is 27.4. The van der Waals surface area contributed by atoms with Crippen molar-refractivity contribution in [3.63, 3.8) is 0 Å². The molecule has 0 fully saturated rings. The second-order valence-corrected chi connectivity index (χ2v) is 5.02. The van der Waals surface area contributed by atoms with E-state index >= 15 is 0 Å². The summed E-state index contributed by atoms with van der Waals surface area (Å²) in [6, 6.07) is 18.0. The number of nitrogens with zero attached hydrogens (tertiary/aromatic N) is 1. The van der Waals surface area contributed by atoms with E-state index in [1.54, 1.807) is 0 Å². The number of carbonyl (C=O) groups excluding carboxylic acids is 1. The zero-order chi connectivity index (χ0) is 17.4. The molecule has 1 unspecified atom stereocenters. The number of hydrogen-bond donors (Lipinski definition) is 0. The number of ether oxygens (including phenoxy) is 2. The molecular formula is C18H15Cs2NO5. The number of fused-ring (bicyclic) bond motifs is 1. The fraction of sp³-hybridized carbons (Fsp3) is 0.222. The molecule has 124 valence electrons. The summed E-state index contributed by atoms with van der Waals surface area (Å²) in [6.07, 6.45) is -0.299. The van der Waals surface area contributed by atoms with Gasteiger partial charge in [0, 0.05) is 0 Å². The maximum Gasteiger partial charge on any atom is 1.00 e. The third kappa shape index (κ3) is 9.40. The molecule has 2 aromatic rings. The van der Waals surface area contributed by atoms with Gasteiger partial charge in [0.2, 0.25) is 0 Å². The first-order chi connectivity index (χ1) is 11.6. The van der Waals surface area contributed by atoms with Gasteiger partial charge in [-0.15, -0.1) is 0 Å². The van der Waals surface area contributed by atoms with Crippen LogP contribution in [0.3, 0.4) is 0 Å². The Labute approximate surface area is 270 Å². The van der Waals surface area contributed by atoms with Crippen molar-refractivity contribution in [3.8, 4) is 17.6 Å². The summed E-state index contributed by atoms with van der Waals surface area (Å²) in [5.74, 6) is 1.64. The molecule has 1 heterocycles. The normalized spacial score (nSPS) is 13.7. The molecule has 0 aliphatic carbocycles. The Kier molecular flexibility index (Phi) is 15.4. The maximum atomic E-state index is 8.53. The first-order valence-corrected chi connectivity index (χ1v) is 7.32. The second kappa shape index (κ2) is 14.8. The van der Waals surface area contributed by atoms with E-state index < -0.39 is 6.16 Å². The van der Waals surface area contributed by atoms with Gasteiger partial charge in [-0.05, 0) is 48.3 Å². The van der Waals surface area contributed by atoms with E-state index in [4.69, 9.17) is 29.7 Å². The van der Waals surface area contributed by atoms with Crippen molar-refractivity contribution in [1.82, 2.24) is 0 Å². The van der Waals surface area contributed by atoms with Crippen molar-refractivity contribution < 1.29 is 162 Å². The minimum absolute atomic E-state index is 0. The van der Waals surface area contributed by atoms with Crippen LogP contribution in [0, 0.1) is 11.3 Å². The van der Waals surface area contributed by atoms with Crippen LogP contribution in [0.2, 0.25) is 0 Å².